The topological polar surface area (TPSA) is 30.5 Å². The molecule has 0 aliphatic rings. The largest absolute Gasteiger partial charge is 0.496 e. The molecule has 0 unspecified atom stereocenters. The van der Waals surface area contributed by atoms with Gasteiger partial charge >= 0.3 is 0 Å². The molecule has 0 aliphatic carbocycles. The third-order valence-corrected chi connectivity index (χ3v) is 3.98. The first-order chi connectivity index (χ1) is 9.24. The van der Waals surface area contributed by atoms with E-state index in [4.69, 9.17) is 9.47 Å². The van der Waals surface area contributed by atoms with Crippen molar-refractivity contribution in [3.8, 4) is 5.75 Å². The number of para-hydroxylation sites is 1. The van der Waals surface area contributed by atoms with E-state index < -0.39 is 0 Å². The summed E-state index contributed by atoms with van der Waals surface area (Å²) in [6, 6.07) is 8.35. The zero-order chi connectivity index (χ0) is 14.1. The van der Waals surface area contributed by atoms with E-state index in [9.17, 15) is 0 Å². The van der Waals surface area contributed by atoms with Crippen LogP contribution in [0.4, 0.5) is 0 Å². The van der Waals surface area contributed by atoms with Crippen molar-refractivity contribution in [2.75, 3.05) is 33.9 Å². The molecule has 0 saturated heterocycles. The number of rotatable bonds is 9. The fraction of sp³-hybridized carbons (Fsp3) is 0.625. The highest BCUT2D eigenvalue weighted by Gasteiger charge is 2.30. The Morgan fingerprint density at radius 2 is 1.79 bits per heavy atom. The van der Waals surface area contributed by atoms with Gasteiger partial charge in [-0.3, -0.25) is 0 Å². The van der Waals surface area contributed by atoms with Crippen LogP contribution in [0.1, 0.15) is 32.3 Å². The van der Waals surface area contributed by atoms with Crippen molar-refractivity contribution in [1.82, 2.24) is 5.32 Å². The van der Waals surface area contributed by atoms with Crippen molar-refractivity contribution in [2.45, 2.75) is 32.1 Å². The molecule has 3 nitrogen and oxygen atoms in total. The minimum atomic E-state index is 0.125. The van der Waals surface area contributed by atoms with E-state index >= 15 is 0 Å². The van der Waals surface area contributed by atoms with Crippen molar-refractivity contribution >= 4 is 0 Å². The molecule has 0 amide bonds. The van der Waals surface area contributed by atoms with E-state index in [1.165, 1.54) is 5.56 Å². The highest BCUT2D eigenvalue weighted by atomic mass is 16.5. The zero-order valence-corrected chi connectivity index (χ0v) is 12.7. The maximum Gasteiger partial charge on any atom is 0.122 e. The Hall–Kier alpha value is -1.06. The number of ether oxygens (including phenoxy) is 2. The van der Waals surface area contributed by atoms with Crippen LogP contribution in [0.15, 0.2) is 24.3 Å². The van der Waals surface area contributed by atoms with Gasteiger partial charge in [0.05, 0.1) is 13.7 Å². The Balaban J connectivity index is 2.90. The molecule has 0 aromatic heterocycles. The minimum Gasteiger partial charge on any atom is -0.496 e. The first kappa shape index (κ1) is 16.0. The quantitative estimate of drug-likeness (QED) is 0.696. The lowest BCUT2D eigenvalue weighted by Gasteiger charge is -2.34. The van der Waals surface area contributed by atoms with Crippen LogP contribution in [0.2, 0.25) is 0 Å². The number of hydrogen-bond acceptors (Lipinski definition) is 3. The smallest absolute Gasteiger partial charge is 0.122 e. The molecule has 108 valence electrons. The second-order valence-corrected chi connectivity index (χ2v) is 4.86. The first-order valence-electron chi connectivity index (χ1n) is 7.07. The Morgan fingerprint density at radius 3 is 2.37 bits per heavy atom. The third-order valence-electron chi connectivity index (χ3n) is 3.98. The van der Waals surface area contributed by atoms with Crippen LogP contribution in [0.3, 0.4) is 0 Å². The normalized spacial score (nSPS) is 11.6. The molecule has 1 rings (SSSR count). The van der Waals surface area contributed by atoms with Gasteiger partial charge in [0, 0.05) is 31.2 Å². The summed E-state index contributed by atoms with van der Waals surface area (Å²) >= 11 is 0. The summed E-state index contributed by atoms with van der Waals surface area (Å²) in [6.45, 7) is 7.06. The van der Waals surface area contributed by atoms with Crippen LogP contribution < -0.4 is 10.1 Å². The van der Waals surface area contributed by atoms with Gasteiger partial charge in [0.2, 0.25) is 0 Å². The summed E-state index contributed by atoms with van der Waals surface area (Å²) in [5.74, 6) is 0.986. The number of methoxy groups -OCH3 is 2. The molecule has 0 saturated carbocycles. The first-order valence-corrected chi connectivity index (χ1v) is 7.07. The average molecular weight is 265 g/mol. The van der Waals surface area contributed by atoms with Gasteiger partial charge in [0.1, 0.15) is 5.75 Å². The summed E-state index contributed by atoms with van der Waals surface area (Å²) in [5, 5.41) is 3.50. The molecule has 3 heteroatoms. The Labute approximate surface area is 117 Å². The Kier molecular flexibility index (Phi) is 6.89. The fourth-order valence-corrected chi connectivity index (χ4v) is 2.56. The average Bonchev–Trinajstić information content (AvgIpc) is 2.48. The van der Waals surface area contributed by atoms with Crippen LogP contribution in [-0.4, -0.2) is 33.9 Å². The van der Waals surface area contributed by atoms with E-state index in [-0.39, 0.29) is 5.41 Å². The molecular formula is C16H27NO2. The van der Waals surface area contributed by atoms with Gasteiger partial charge in [0.15, 0.2) is 0 Å². The predicted molar refractivity (Wildman–Crippen MR) is 80.0 cm³/mol. The SMILES string of the molecule is CCC(CC)(CNCCOC)c1ccccc1OC. The van der Waals surface area contributed by atoms with Crippen molar-refractivity contribution in [3.63, 3.8) is 0 Å². The third kappa shape index (κ3) is 3.95. The van der Waals surface area contributed by atoms with Gasteiger partial charge in [-0.1, -0.05) is 32.0 Å². The number of hydrogen-bond donors (Lipinski definition) is 1. The predicted octanol–water partition coefficient (Wildman–Crippen LogP) is 2.99. The summed E-state index contributed by atoms with van der Waals surface area (Å²) in [4.78, 5) is 0. The minimum absolute atomic E-state index is 0.125. The van der Waals surface area contributed by atoms with Gasteiger partial charge < -0.3 is 14.8 Å². The van der Waals surface area contributed by atoms with Crippen molar-refractivity contribution in [2.24, 2.45) is 0 Å². The fourth-order valence-electron chi connectivity index (χ4n) is 2.56. The van der Waals surface area contributed by atoms with Crippen LogP contribution >= 0.6 is 0 Å². The van der Waals surface area contributed by atoms with Crippen molar-refractivity contribution < 1.29 is 9.47 Å². The standard InChI is InChI=1S/C16H27NO2/c1-5-16(6-2,13-17-11-12-18-3)14-9-7-8-10-15(14)19-4/h7-10,17H,5-6,11-13H2,1-4H3. The summed E-state index contributed by atoms with van der Waals surface area (Å²) < 4.78 is 10.6. The van der Waals surface area contributed by atoms with E-state index in [1.54, 1.807) is 14.2 Å². The molecule has 0 aliphatic heterocycles. The monoisotopic (exact) mass is 265 g/mol. The molecule has 1 aromatic rings. The van der Waals surface area contributed by atoms with E-state index in [2.05, 4.69) is 31.3 Å². The van der Waals surface area contributed by atoms with Crippen molar-refractivity contribution in [3.05, 3.63) is 29.8 Å². The second kappa shape index (κ2) is 8.18. The van der Waals surface area contributed by atoms with Crippen LogP contribution in [0.5, 0.6) is 5.75 Å². The molecule has 1 N–H and O–H groups in total. The van der Waals surface area contributed by atoms with Crippen molar-refractivity contribution in [1.29, 1.82) is 0 Å². The lowest BCUT2D eigenvalue weighted by molar-refractivity contribution is 0.195. The molecule has 0 fully saturated rings. The molecule has 19 heavy (non-hydrogen) atoms. The summed E-state index contributed by atoms with van der Waals surface area (Å²) in [5.41, 5.74) is 1.42. The molecule has 0 bridgehead atoms. The molecule has 1 aromatic carbocycles. The maximum absolute atomic E-state index is 5.53. The summed E-state index contributed by atoms with van der Waals surface area (Å²) in [7, 11) is 3.47. The summed E-state index contributed by atoms with van der Waals surface area (Å²) in [6.07, 6.45) is 2.17. The lowest BCUT2D eigenvalue weighted by Crippen LogP contribution is -2.38. The van der Waals surface area contributed by atoms with E-state index in [0.717, 1.165) is 38.3 Å². The van der Waals surface area contributed by atoms with Crippen LogP contribution in [-0.2, 0) is 10.2 Å². The highest BCUT2D eigenvalue weighted by Crippen LogP contribution is 2.36. The van der Waals surface area contributed by atoms with Crippen LogP contribution in [0, 0.1) is 0 Å². The molecule has 0 heterocycles. The number of benzene rings is 1. The molecular weight excluding hydrogens is 238 g/mol. The molecule has 0 radical (unpaired) electrons. The van der Waals surface area contributed by atoms with Gasteiger partial charge in [0.25, 0.3) is 0 Å². The van der Waals surface area contributed by atoms with Gasteiger partial charge in [-0.25, -0.2) is 0 Å². The highest BCUT2D eigenvalue weighted by molar-refractivity contribution is 5.40. The van der Waals surface area contributed by atoms with Gasteiger partial charge in [-0.15, -0.1) is 0 Å². The second-order valence-electron chi connectivity index (χ2n) is 4.86. The maximum atomic E-state index is 5.53. The Bertz CT molecular complexity index is 362. The van der Waals surface area contributed by atoms with Gasteiger partial charge in [-0.05, 0) is 18.9 Å². The lowest BCUT2D eigenvalue weighted by atomic mass is 9.75. The van der Waals surface area contributed by atoms with Gasteiger partial charge in [-0.2, -0.15) is 0 Å². The zero-order valence-electron chi connectivity index (χ0n) is 12.7. The van der Waals surface area contributed by atoms with E-state index in [0.29, 0.717) is 0 Å². The molecule has 0 atom stereocenters. The molecule has 0 spiro atoms. The van der Waals surface area contributed by atoms with Crippen LogP contribution in [0.25, 0.3) is 0 Å². The number of nitrogens with one attached hydrogen (secondary N) is 1. The Morgan fingerprint density at radius 1 is 1.11 bits per heavy atom. The van der Waals surface area contributed by atoms with E-state index in [1.807, 2.05) is 12.1 Å².